The number of nitrogens with one attached hydrogen (secondary N) is 1. The highest BCUT2D eigenvalue weighted by Gasteiger charge is 2.31. The molecule has 1 aromatic carbocycles. The molecule has 0 aliphatic carbocycles. The topological polar surface area (TPSA) is 41.6 Å². The number of alkyl halides is 3. The van der Waals surface area contributed by atoms with Gasteiger partial charge in [-0.15, -0.1) is 13.2 Å². The summed E-state index contributed by atoms with van der Waals surface area (Å²) < 4.78 is 39.3. The van der Waals surface area contributed by atoms with Gasteiger partial charge in [0.05, 0.1) is 0 Å². The highest BCUT2D eigenvalue weighted by molar-refractivity contribution is 5.93. The molecule has 1 aromatic rings. The number of rotatable bonds is 3. The summed E-state index contributed by atoms with van der Waals surface area (Å²) in [7, 11) is 3.25. The number of ether oxygens (including phenoxy) is 1. The van der Waals surface area contributed by atoms with E-state index in [1.807, 2.05) is 0 Å². The van der Waals surface area contributed by atoms with E-state index in [1.54, 1.807) is 14.1 Å². The predicted octanol–water partition coefficient (Wildman–Crippen LogP) is 1.79. The minimum Gasteiger partial charge on any atom is -0.406 e. The molecule has 7 heteroatoms. The van der Waals surface area contributed by atoms with E-state index in [1.165, 1.54) is 17.1 Å². The Morgan fingerprint density at radius 3 is 2.18 bits per heavy atom. The van der Waals surface area contributed by atoms with E-state index >= 15 is 0 Å². The first-order valence-corrected chi connectivity index (χ1v) is 4.62. The summed E-state index contributed by atoms with van der Waals surface area (Å²) in [5, 5.41) is 1.43. The molecule has 0 spiro atoms. The van der Waals surface area contributed by atoms with Crippen molar-refractivity contribution < 1.29 is 22.7 Å². The Hall–Kier alpha value is -1.76. The lowest BCUT2D eigenvalue weighted by atomic mass is 10.2. The van der Waals surface area contributed by atoms with Crippen molar-refractivity contribution in [3.05, 3.63) is 29.8 Å². The fraction of sp³-hybridized carbons (Fsp3) is 0.300. The Morgan fingerprint density at radius 2 is 1.76 bits per heavy atom. The lowest BCUT2D eigenvalue weighted by Gasteiger charge is -2.12. The van der Waals surface area contributed by atoms with E-state index in [0.29, 0.717) is 0 Å². The molecule has 0 aromatic heterocycles. The predicted molar refractivity (Wildman–Crippen MR) is 54.3 cm³/mol. The number of carbonyl (C=O) groups is 1. The number of hydrazine groups is 1. The molecular formula is C10H11F3N2O2. The molecule has 0 atom stereocenters. The van der Waals surface area contributed by atoms with Gasteiger partial charge >= 0.3 is 6.36 Å². The van der Waals surface area contributed by atoms with Crippen molar-refractivity contribution in [3.8, 4) is 5.75 Å². The van der Waals surface area contributed by atoms with E-state index in [9.17, 15) is 18.0 Å². The van der Waals surface area contributed by atoms with Crippen molar-refractivity contribution in [2.75, 3.05) is 14.1 Å². The molecule has 1 rings (SSSR count). The first kappa shape index (κ1) is 13.3. The van der Waals surface area contributed by atoms with Crippen LogP contribution in [-0.4, -0.2) is 31.4 Å². The second-order valence-electron chi connectivity index (χ2n) is 3.41. The maximum Gasteiger partial charge on any atom is 0.573 e. The second-order valence-corrected chi connectivity index (χ2v) is 3.41. The van der Waals surface area contributed by atoms with Crippen LogP contribution in [0.25, 0.3) is 0 Å². The van der Waals surface area contributed by atoms with Gasteiger partial charge in [-0.25, -0.2) is 5.01 Å². The summed E-state index contributed by atoms with van der Waals surface area (Å²) in [6, 6.07) is 4.66. The van der Waals surface area contributed by atoms with Gasteiger partial charge in [-0.2, -0.15) is 0 Å². The zero-order valence-electron chi connectivity index (χ0n) is 9.21. The largest absolute Gasteiger partial charge is 0.573 e. The average Bonchev–Trinajstić information content (AvgIpc) is 2.15. The minimum absolute atomic E-state index is 0.244. The lowest BCUT2D eigenvalue weighted by molar-refractivity contribution is -0.274. The van der Waals surface area contributed by atoms with Crippen LogP contribution in [0.4, 0.5) is 13.2 Å². The number of nitrogens with zero attached hydrogens (tertiary/aromatic N) is 1. The molecule has 0 fully saturated rings. The van der Waals surface area contributed by atoms with E-state index in [4.69, 9.17) is 0 Å². The normalized spacial score (nSPS) is 11.4. The molecule has 4 nitrogen and oxygen atoms in total. The second kappa shape index (κ2) is 5.05. The van der Waals surface area contributed by atoms with Crippen molar-refractivity contribution in [2.45, 2.75) is 6.36 Å². The minimum atomic E-state index is -4.73. The molecule has 0 unspecified atom stereocenters. The van der Waals surface area contributed by atoms with Gasteiger partial charge in [0.15, 0.2) is 0 Å². The van der Waals surface area contributed by atoms with Gasteiger partial charge in [0.2, 0.25) is 0 Å². The van der Waals surface area contributed by atoms with Crippen molar-refractivity contribution >= 4 is 5.91 Å². The molecule has 0 saturated carbocycles. The number of hydrogen-bond acceptors (Lipinski definition) is 3. The lowest BCUT2D eigenvalue weighted by Crippen LogP contribution is -2.36. The third-order valence-corrected chi connectivity index (χ3v) is 1.68. The molecule has 17 heavy (non-hydrogen) atoms. The summed E-state index contributed by atoms with van der Waals surface area (Å²) in [6.07, 6.45) is -4.73. The van der Waals surface area contributed by atoms with Gasteiger partial charge in [0.25, 0.3) is 5.91 Å². The highest BCUT2D eigenvalue weighted by Crippen LogP contribution is 2.22. The van der Waals surface area contributed by atoms with E-state index in [-0.39, 0.29) is 11.3 Å². The number of halogens is 3. The molecule has 0 bridgehead atoms. The van der Waals surface area contributed by atoms with E-state index in [2.05, 4.69) is 10.2 Å². The molecule has 0 aliphatic heterocycles. The van der Waals surface area contributed by atoms with Crippen molar-refractivity contribution in [3.63, 3.8) is 0 Å². The Labute approximate surface area is 95.9 Å². The first-order valence-electron chi connectivity index (χ1n) is 4.62. The molecule has 0 aliphatic rings. The van der Waals surface area contributed by atoms with Crippen LogP contribution in [0.2, 0.25) is 0 Å². The zero-order chi connectivity index (χ0) is 13.1. The van der Waals surface area contributed by atoms with Gasteiger partial charge in [-0.1, -0.05) is 0 Å². The van der Waals surface area contributed by atoms with Gasteiger partial charge in [0.1, 0.15) is 5.75 Å². The number of benzene rings is 1. The van der Waals surface area contributed by atoms with Crippen molar-refractivity contribution in [1.29, 1.82) is 0 Å². The maximum atomic E-state index is 11.9. The summed E-state index contributed by atoms with van der Waals surface area (Å²) in [5.74, 6) is -0.771. The Morgan fingerprint density at radius 1 is 1.24 bits per heavy atom. The SMILES string of the molecule is CN(C)NC(=O)c1ccc(OC(F)(F)F)cc1. The van der Waals surface area contributed by atoms with Crippen LogP contribution in [0.3, 0.4) is 0 Å². The maximum absolute atomic E-state index is 11.9. The monoisotopic (exact) mass is 248 g/mol. The molecular weight excluding hydrogens is 237 g/mol. The third kappa shape index (κ3) is 4.73. The molecule has 0 heterocycles. The van der Waals surface area contributed by atoms with E-state index in [0.717, 1.165) is 12.1 Å². The molecule has 1 N–H and O–H groups in total. The summed E-state index contributed by atoms with van der Waals surface area (Å²) >= 11 is 0. The average molecular weight is 248 g/mol. The van der Waals surface area contributed by atoms with Crippen LogP contribution < -0.4 is 10.2 Å². The molecule has 94 valence electrons. The Balaban J connectivity index is 2.71. The Bertz CT molecular complexity index is 388. The third-order valence-electron chi connectivity index (χ3n) is 1.68. The highest BCUT2D eigenvalue weighted by atomic mass is 19.4. The fourth-order valence-corrected chi connectivity index (χ4v) is 1.08. The quantitative estimate of drug-likeness (QED) is 0.829. The van der Waals surface area contributed by atoms with Crippen molar-refractivity contribution in [1.82, 2.24) is 10.4 Å². The first-order chi connectivity index (χ1) is 7.78. The van der Waals surface area contributed by atoms with Crippen LogP contribution in [0.5, 0.6) is 5.75 Å². The summed E-state index contributed by atoms with van der Waals surface area (Å²) in [6.45, 7) is 0. The fourth-order valence-electron chi connectivity index (χ4n) is 1.08. The van der Waals surface area contributed by atoms with Crippen LogP contribution in [-0.2, 0) is 0 Å². The standard InChI is InChI=1S/C10H11F3N2O2/c1-15(2)14-9(16)7-3-5-8(6-4-7)17-10(11,12)13/h3-6H,1-2H3,(H,14,16). The van der Waals surface area contributed by atoms with Crippen LogP contribution in [0.15, 0.2) is 24.3 Å². The van der Waals surface area contributed by atoms with Crippen LogP contribution >= 0.6 is 0 Å². The number of carbonyl (C=O) groups excluding carboxylic acids is 1. The Kier molecular flexibility index (Phi) is 3.95. The van der Waals surface area contributed by atoms with Gasteiger partial charge < -0.3 is 4.74 Å². The van der Waals surface area contributed by atoms with Crippen molar-refractivity contribution in [2.24, 2.45) is 0 Å². The molecule has 0 saturated heterocycles. The van der Waals surface area contributed by atoms with Crippen LogP contribution in [0, 0.1) is 0 Å². The van der Waals surface area contributed by atoms with E-state index < -0.39 is 12.3 Å². The van der Waals surface area contributed by atoms with Gasteiger partial charge in [-0.3, -0.25) is 10.2 Å². The summed E-state index contributed by atoms with van der Waals surface area (Å²) in [4.78, 5) is 11.4. The molecule has 0 radical (unpaired) electrons. The summed E-state index contributed by atoms with van der Waals surface area (Å²) in [5.41, 5.74) is 2.70. The number of amides is 1. The van der Waals surface area contributed by atoms with Gasteiger partial charge in [0, 0.05) is 19.7 Å². The van der Waals surface area contributed by atoms with Gasteiger partial charge in [-0.05, 0) is 24.3 Å². The molecule has 1 amide bonds. The zero-order valence-corrected chi connectivity index (χ0v) is 9.21. The van der Waals surface area contributed by atoms with Crippen LogP contribution in [0.1, 0.15) is 10.4 Å². The number of hydrogen-bond donors (Lipinski definition) is 1. The smallest absolute Gasteiger partial charge is 0.406 e.